The van der Waals surface area contributed by atoms with Crippen LogP contribution >= 0.6 is 0 Å². The van der Waals surface area contributed by atoms with Crippen molar-refractivity contribution in [2.24, 2.45) is 0 Å². The van der Waals surface area contributed by atoms with Crippen LogP contribution in [0, 0.1) is 12.3 Å². The van der Waals surface area contributed by atoms with Gasteiger partial charge in [0.2, 0.25) is 0 Å². The van der Waals surface area contributed by atoms with Gasteiger partial charge in [0, 0.05) is 0 Å². The number of carboxylic acids is 1. The van der Waals surface area contributed by atoms with Crippen molar-refractivity contribution in [3.63, 3.8) is 0 Å². The zero-order valence-electron chi connectivity index (χ0n) is 3.39. The van der Waals surface area contributed by atoms with Crippen molar-refractivity contribution in [2.75, 3.05) is 0 Å². The minimum absolute atomic E-state index is 0. The fraction of sp³-hybridized carbons (Fsp3) is 0. The number of carboxylic acid groups (broad SMARTS) is 1. The zero-order chi connectivity index (χ0) is 4.28. The third kappa shape index (κ3) is 8.82. The quantitative estimate of drug-likeness (QED) is 0.231. The van der Waals surface area contributed by atoms with Gasteiger partial charge in [-0.2, -0.15) is 0 Å². The largest absolute Gasteiger partial charge is 1.00 e. The Bertz CT molecular complexity index is 81.3. The zero-order valence-corrected chi connectivity index (χ0v) is 6.52. The van der Waals surface area contributed by atoms with Gasteiger partial charge in [-0.1, -0.05) is 5.92 Å². The van der Waals surface area contributed by atoms with E-state index in [9.17, 15) is 0 Å². The standard InChI is InChI=1S/C3H2O2.K/c1-2-3(4)5;/h1H,(H,4,5);/q;+1/p-1. The molecule has 3 heteroatoms. The molecule has 0 N–H and O–H groups in total. The third-order valence-corrected chi connectivity index (χ3v) is 0.118. The first kappa shape index (κ1) is 9.83. The molecule has 0 aliphatic carbocycles. The smallest absolute Gasteiger partial charge is 0.537 e. The van der Waals surface area contributed by atoms with Gasteiger partial charge in [0.1, 0.15) is 5.97 Å². The van der Waals surface area contributed by atoms with Gasteiger partial charge in [0.25, 0.3) is 0 Å². The summed E-state index contributed by atoms with van der Waals surface area (Å²) in [6.07, 6.45) is 4.26. The first-order valence-electron chi connectivity index (χ1n) is 0.947. The molecule has 6 heavy (non-hydrogen) atoms. The SMILES string of the molecule is C#CC(=O)[O-].[K+]. The second kappa shape index (κ2) is 5.67. The van der Waals surface area contributed by atoms with Crippen molar-refractivity contribution in [2.45, 2.75) is 0 Å². The van der Waals surface area contributed by atoms with Crippen molar-refractivity contribution >= 4 is 5.97 Å². The Morgan fingerprint density at radius 3 is 2.00 bits per heavy atom. The van der Waals surface area contributed by atoms with Gasteiger partial charge in [-0.05, 0) is 0 Å². The number of hydrogen-bond donors (Lipinski definition) is 0. The molecule has 0 heterocycles. The Hall–Kier alpha value is 0.666. The van der Waals surface area contributed by atoms with E-state index in [1.165, 1.54) is 5.92 Å². The Morgan fingerprint density at radius 1 is 1.83 bits per heavy atom. The fourth-order valence-corrected chi connectivity index (χ4v) is 0. The van der Waals surface area contributed by atoms with Crippen LogP contribution in [0.15, 0.2) is 0 Å². The van der Waals surface area contributed by atoms with E-state index in [-0.39, 0.29) is 51.4 Å². The summed E-state index contributed by atoms with van der Waals surface area (Å²) < 4.78 is 0. The molecule has 0 bridgehead atoms. The predicted octanol–water partition coefficient (Wildman–Crippen LogP) is -4.63. The fourth-order valence-electron chi connectivity index (χ4n) is 0. The summed E-state index contributed by atoms with van der Waals surface area (Å²) in [5, 5.41) is 9.02. The molecule has 0 amide bonds. The summed E-state index contributed by atoms with van der Waals surface area (Å²) in [6.45, 7) is 0. The van der Waals surface area contributed by atoms with Crippen molar-refractivity contribution in [3.8, 4) is 12.3 Å². The van der Waals surface area contributed by atoms with E-state index in [2.05, 4.69) is 6.42 Å². The van der Waals surface area contributed by atoms with E-state index in [4.69, 9.17) is 9.90 Å². The van der Waals surface area contributed by atoms with Gasteiger partial charge in [0.15, 0.2) is 0 Å². The van der Waals surface area contributed by atoms with Crippen LogP contribution in [0.4, 0.5) is 0 Å². The summed E-state index contributed by atoms with van der Waals surface area (Å²) >= 11 is 0. The Kier molecular flexibility index (Phi) is 9.28. The van der Waals surface area contributed by atoms with E-state index in [0.717, 1.165) is 0 Å². The van der Waals surface area contributed by atoms with Crippen LogP contribution in [0.3, 0.4) is 0 Å². The maximum atomic E-state index is 9.02. The van der Waals surface area contributed by atoms with E-state index in [0.29, 0.717) is 0 Å². The predicted molar refractivity (Wildman–Crippen MR) is 13.8 cm³/mol. The van der Waals surface area contributed by atoms with Crippen LogP contribution in [0.2, 0.25) is 0 Å². The minimum atomic E-state index is -1.47. The summed E-state index contributed by atoms with van der Waals surface area (Å²) in [5.74, 6) is -0.134. The van der Waals surface area contributed by atoms with Crippen LogP contribution in [-0.2, 0) is 4.79 Å². The van der Waals surface area contributed by atoms with E-state index in [1.807, 2.05) is 0 Å². The number of hydrogen-bond acceptors (Lipinski definition) is 2. The first-order valence-corrected chi connectivity index (χ1v) is 0.947. The van der Waals surface area contributed by atoms with Crippen molar-refractivity contribution in [1.82, 2.24) is 0 Å². The van der Waals surface area contributed by atoms with Gasteiger partial charge in [0.05, 0.1) is 0 Å². The monoisotopic (exact) mass is 108 g/mol. The molecule has 0 aliphatic rings. The number of terminal acetylenes is 1. The molecule has 0 aliphatic heterocycles. The molecule has 0 saturated carbocycles. The summed E-state index contributed by atoms with van der Waals surface area (Å²) in [6, 6.07) is 0. The molecular weight excluding hydrogens is 107 g/mol. The van der Waals surface area contributed by atoms with Gasteiger partial charge < -0.3 is 9.90 Å². The molecule has 0 fully saturated rings. The molecule has 0 saturated heterocycles. The van der Waals surface area contributed by atoms with Gasteiger partial charge in [-0.25, -0.2) is 0 Å². The second-order valence-electron chi connectivity index (χ2n) is 0.432. The molecule has 0 atom stereocenters. The van der Waals surface area contributed by atoms with Crippen LogP contribution < -0.4 is 56.5 Å². The maximum absolute atomic E-state index is 9.02. The number of carbonyl (C=O) groups is 1. The first-order chi connectivity index (χ1) is 2.27. The Morgan fingerprint density at radius 2 is 2.00 bits per heavy atom. The summed E-state index contributed by atoms with van der Waals surface area (Å²) in [5.41, 5.74) is 0. The molecule has 0 spiro atoms. The van der Waals surface area contributed by atoms with Gasteiger partial charge >= 0.3 is 51.4 Å². The van der Waals surface area contributed by atoms with Crippen LogP contribution in [0.1, 0.15) is 0 Å². The second-order valence-corrected chi connectivity index (χ2v) is 0.432. The molecule has 2 nitrogen and oxygen atoms in total. The molecular formula is C3HKO2. The molecule has 26 valence electrons. The van der Waals surface area contributed by atoms with Gasteiger partial charge in [-0.3, -0.25) is 0 Å². The van der Waals surface area contributed by atoms with E-state index >= 15 is 0 Å². The number of aliphatic carboxylic acids is 1. The third-order valence-electron chi connectivity index (χ3n) is 0.118. The topological polar surface area (TPSA) is 40.1 Å². The Balaban J connectivity index is 0. The van der Waals surface area contributed by atoms with Gasteiger partial charge in [-0.15, -0.1) is 6.42 Å². The average Bonchev–Trinajstić information content (AvgIpc) is 1.38. The molecule has 0 unspecified atom stereocenters. The van der Waals surface area contributed by atoms with Crippen LogP contribution in [0.25, 0.3) is 0 Å². The molecule has 0 radical (unpaired) electrons. The summed E-state index contributed by atoms with van der Waals surface area (Å²) in [4.78, 5) is 9.02. The van der Waals surface area contributed by atoms with Crippen molar-refractivity contribution in [3.05, 3.63) is 0 Å². The minimum Gasteiger partial charge on any atom is -0.537 e. The normalized spacial score (nSPS) is 4.50. The van der Waals surface area contributed by atoms with E-state index < -0.39 is 5.97 Å². The number of rotatable bonds is 0. The summed E-state index contributed by atoms with van der Waals surface area (Å²) in [7, 11) is 0. The molecule has 0 aromatic rings. The van der Waals surface area contributed by atoms with Crippen LogP contribution in [0.5, 0.6) is 0 Å². The number of carbonyl (C=O) groups excluding carboxylic acids is 1. The average molecular weight is 108 g/mol. The van der Waals surface area contributed by atoms with E-state index in [1.54, 1.807) is 0 Å². The Labute approximate surface area is 78.3 Å². The van der Waals surface area contributed by atoms with Crippen LogP contribution in [-0.4, -0.2) is 5.97 Å². The maximum Gasteiger partial charge on any atom is 1.00 e. The molecule has 0 aromatic heterocycles. The molecule has 0 aromatic carbocycles. The van der Waals surface area contributed by atoms with Crippen molar-refractivity contribution in [1.29, 1.82) is 0 Å². The van der Waals surface area contributed by atoms with Crippen molar-refractivity contribution < 1.29 is 61.3 Å². The molecule has 0 rings (SSSR count).